The van der Waals surface area contributed by atoms with Crippen molar-refractivity contribution in [2.45, 2.75) is 40.2 Å². The van der Waals surface area contributed by atoms with Crippen molar-refractivity contribution in [3.8, 4) is 5.75 Å². The molecule has 1 saturated heterocycles. The number of esters is 1. The summed E-state index contributed by atoms with van der Waals surface area (Å²) in [6, 6.07) is 9.15. The summed E-state index contributed by atoms with van der Waals surface area (Å²) in [7, 11) is 0. The maximum absolute atomic E-state index is 11.9. The van der Waals surface area contributed by atoms with Crippen molar-refractivity contribution in [2.75, 3.05) is 19.7 Å². The zero-order chi connectivity index (χ0) is 18.2. The second kappa shape index (κ2) is 9.37. The molecule has 1 aromatic carbocycles. The quantitative estimate of drug-likeness (QED) is 0.856. The molecule has 2 heterocycles. The second-order valence-electron chi connectivity index (χ2n) is 6.01. The van der Waals surface area contributed by atoms with Gasteiger partial charge in [-0.2, -0.15) is 0 Å². The van der Waals surface area contributed by atoms with Crippen LogP contribution in [0.15, 0.2) is 30.3 Å². The average molecular weight is 344 g/mol. The lowest BCUT2D eigenvalue weighted by atomic mass is 9.98. The monoisotopic (exact) mass is 344 g/mol. The fourth-order valence-electron chi connectivity index (χ4n) is 3.12. The third-order valence-electron chi connectivity index (χ3n) is 4.24. The van der Waals surface area contributed by atoms with E-state index in [1.807, 2.05) is 39.0 Å². The molecule has 0 aliphatic carbocycles. The van der Waals surface area contributed by atoms with E-state index in [0.717, 1.165) is 49.1 Å². The van der Waals surface area contributed by atoms with Crippen LogP contribution in [-0.4, -0.2) is 40.7 Å². The van der Waals surface area contributed by atoms with Gasteiger partial charge in [-0.3, -0.25) is 14.7 Å². The number of carbonyl (C=O) groups is 1. The Morgan fingerprint density at radius 2 is 2.12 bits per heavy atom. The summed E-state index contributed by atoms with van der Waals surface area (Å²) in [5, 5.41) is 10.4. The molecule has 1 N–H and O–H groups in total. The van der Waals surface area contributed by atoms with Gasteiger partial charge >= 0.3 is 5.97 Å². The molecule has 25 heavy (non-hydrogen) atoms. The number of fused-ring (bicyclic) bond motifs is 1. The highest BCUT2D eigenvalue weighted by Crippen LogP contribution is 2.22. The Morgan fingerprint density at radius 1 is 1.32 bits per heavy atom. The number of piperidine rings is 1. The first-order chi connectivity index (χ1) is 12.2. The normalized spacial score (nSPS) is 17.6. The van der Waals surface area contributed by atoms with Crippen molar-refractivity contribution >= 4 is 16.9 Å². The largest absolute Gasteiger partial charge is 0.508 e. The Bertz CT molecular complexity index is 702. The third-order valence-corrected chi connectivity index (χ3v) is 4.24. The van der Waals surface area contributed by atoms with Crippen LogP contribution in [0.3, 0.4) is 0 Å². The lowest BCUT2D eigenvalue weighted by molar-refractivity contribution is -0.150. The minimum Gasteiger partial charge on any atom is -0.508 e. The highest BCUT2D eigenvalue weighted by Gasteiger charge is 2.26. The first-order valence-electron chi connectivity index (χ1n) is 9.13. The van der Waals surface area contributed by atoms with E-state index in [1.165, 1.54) is 0 Å². The molecule has 5 nitrogen and oxygen atoms in total. The van der Waals surface area contributed by atoms with Gasteiger partial charge in [-0.15, -0.1) is 0 Å². The Morgan fingerprint density at radius 3 is 2.88 bits per heavy atom. The molecule has 1 unspecified atom stereocenters. The van der Waals surface area contributed by atoms with Gasteiger partial charge in [0.15, 0.2) is 0 Å². The second-order valence-corrected chi connectivity index (χ2v) is 6.01. The van der Waals surface area contributed by atoms with Crippen LogP contribution in [0, 0.1) is 5.92 Å². The molecule has 1 aliphatic rings. The molecule has 0 bridgehead atoms. The minimum absolute atomic E-state index is 0.0268. The summed E-state index contributed by atoms with van der Waals surface area (Å²) in [6.45, 7) is 8.72. The predicted octanol–water partition coefficient (Wildman–Crippen LogP) is 3.74. The Hall–Kier alpha value is -2.14. The molecule has 1 fully saturated rings. The van der Waals surface area contributed by atoms with Gasteiger partial charge in [0, 0.05) is 18.5 Å². The van der Waals surface area contributed by atoms with E-state index in [0.29, 0.717) is 6.61 Å². The van der Waals surface area contributed by atoms with Gasteiger partial charge in [-0.1, -0.05) is 19.9 Å². The smallest absolute Gasteiger partial charge is 0.310 e. The molecule has 0 amide bonds. The van der Waals surface area contributed by atoms with E-state index in [1.54, 1.807) is 12.1 Å². The summed E-state index contributed by atoms with van der Waals surface area (Å²) in [6.07, 6.45) is 1.91. The number of ether oxygens (including phenoxy) is 1. The van der Waals surface area contributed by atoms with Crippen LogP contribution >= 0.6 is 0 Å². The summed E-state index contributed by atoms with van der Waals surface area (Å²) < 4.78 is 5.14. The number of carbonyl (C=O) groups excluding carboxylic acids is 1. The van der Waals surface area contributed by atoms with Crippen LogP contribution < -0.4 is 0 Å². The van der Waals surface area contributed by atoms with Crippen LogP contribution in [0.2, 0.25) is 0 Å². The number of likely N-dealkylation sites (tertiary alicyclic amines) is 1. The number of phenolic OH excluding ortho intramolecular Hbond substituents is 1. The molecule has 0 spiro atoms. The lowest BCUT2D eigenvalue weighted by Crippen LogP contribution is -2.39. The predicted molar refractivity (Wildman–Crippen MR) is 99.4 cm³/mol. The molecule has 0 radical (unpaired) electrons. The molecule has 1 aromatic heterocycles. The summed E-state index contributed by atoms with van der Waals surface area (Å²) in [5.74, 6) is 0.139. The number of phenols is 1. The Labute approximate surface area is 149 Å². The van der Waals surface area contributed by atoms with E-state index in [2.05, 4.69) is 9.88 Å². The topological polar surface area (TPSA) is 62.7 Å². The Balaban J connectivity index is 0.00000109. The highest BCUT2D eigenvalue weighted by atomic mass is 16.5. The Kier molecular flexibility index (Phi) is 7.19. The number of pyridine rings is 1. The van der Waals surface area contributed by atoms with Crippen molar-refractivity contribution in [2.24, 2.45) is 5.92 Å². The summed E-state index contributed by atoms with van der Waals surface area (Å²) in [5.41, 5.74) is 1.85. The number of aromatic hydroxyl groups is 1. The summed E-state index contributed by atoms with van der Waals surface area (Å²) in [4.78, 5) is 18.8. The van der Waals surface area contributed by atoms with Gasteiger partial charge in [0.05, 0.1) is 23.7 Å². The van der Waals surface area contributed by atoms with E-state index in [-0.39, 0.29) is 17.6 Å². The maximum atomic E-state index is 11.9. The first-order valence-corrected chi connectivity index (χ1v) is 9.13. The fourth-order valence-corrected chi connectivity index (χ4v) is 3.12. The van der Waals surface area contributed by atoms with E-state index >= 15 is 0 Å². The van der Waals surface area contributed by atoms with Gasteiger partial charge in [-0.05, 0) is 50.6 Å². The van der Waals surface area contributed by atoms with Crippen molar-refractivity contribution < 1.29 is 14.6 Å². The van der Waals surface area contributed by atoms with Gasteiger partial charge in [0.25, 0.3) is 0 Å². The molecule has 136 valence electrons. The van der Waals surface area contributed by atoms with E-state index in [4.69, 9.17) is 4.74 Å². The van der Waals surface area contributed by atoms with Crippen LogP contribution in [0.1, 0.15) is 39.3 Å². The molecule has 5 heteroatoms. The standard InChI is InChI=1S/C18H22N2O3.C2H6/c1-2-23-18(22)14-4-3-9-20(11-14)12-15-6-5-13-10-16(21)7-8-17(13)19-15;1-2/h5-8,10,14,21H,2-4,9,11-12H2,1H3;1-2H3. The molecular weight excluding hydrogens is 316 g/mol. The van der Waals surface area contributed by atoms with Gasteiger partial charge < -0.3 is 9.84 Å². The van der Waals surface area contributed by atoms with Crippen molar-refractivity contribution in [1.82, 2.24) is 9.88 Å². The van der Waals surface area contributed by atoms with Crippen molar-refractivity contribution in [1.29, 1.82) is 0 Å². The van der Waals surface area contributed by atoms with Crippen molar-refractivity contribution in [3.63, 3.8) is 0 Å². The molecule has 1 atom stereocenters. The van der Waals surface area contributed by atoms with Crippen molar-refractivity contribution in [3.05, 3.63) is 36.0 Å². The number of benzene rings is 1. The van der Waals surface area contributed by atoms with Crippen LogP contribution in [0.5, 0.6) is 5.75 Å². The van der Waals surface area contributed by atoms with Gasteiger partial charge in [-0.25, -0.2) is 0 Å². The van der Waals surface area contributed by atoms with Gasteiger partial charge in [0.2, 0.25) is 0 Å². The van der Waals surface area contributed by atoms with E-state index in [9.17, 15) is 9.90 Å². The highest BCUT2D eigenvalue weighted by molar-refractivity contribution is 5.80. The maximum Gasteiger partial charge on any atom is 0.310 e. The number of nitrogens with zero attached hydrogens (tertiary/aromatic N) is 2. The SMILES string of the molecule is CC.CCOC(=O)C1CCCN(Cc2ccc3cc(O)ccc3n2)C1. The molecule has 1 aliphatic heterocycles. The number of hydrogen-bond donors (Lipinski definition) is 1. The fraction of sp³-hybridized carbons (Fsp3) is 0.500. The van der Waals surface area contributed by atoms with Crippen LogP contribution in [0.4, 0.5) is 0 Å². The third kappa shape index (κ3) is 5.16. The molecular formula is C20H28N2O3. The minimum atomic E-state index is -0.0841. The number of hydrogen-bond acceptors (Lipinski definition) is 5. The van der Waals surface area contributed by atoms with Crippen LogP contribution in [-0.2, 0) is 16.1 Å². The van der Waals surface area contributed by atoms with Gasteiger partial charge in [0.1, 0.15) is 5.75 Å². The number of aromatic nitrogens is 1. The molecule has 2 aromatic rings. The zero-order valence-electron chi connectivity index (χ0n) is 15.4. The summed E-state index contributed by atoms with van der Waals surface area (Å²) >= 11 is 0. The molecule has 0 saturated carbocycles. The molecule has 3 rings (SSSR count). The zero-order valence-corrected chi connectivity index (χ0v) is 15.4. The average Bonchev–Trinajstić information content (AvgIpc) is 2.64. The first kappa shape index (κ1) is 19.2. The lowest BCUT2D eigenvalue weighted by Gasteiger charge is -2.31. The number of rotatable bonds is 4. The van der Waals surface area contributed by atoms with Crippen LogP contribution in [0.25, 0.3) is 10.9 Å². The van der Waals surface area contributed by atoms with E-state index < -0.39 is 0 Å².